The summed E-state index contributed by atoms with van der Waals surface area (Å²) < 4.78 is 1.92. The standard InChI is InChI=1S/C20H25N3O/c1-22-8-6-20-5-3-2-4-15(20)17(22)10-14-11-18(19(24)12-16(14)20)23-9-7-21-13-23/h7,9,11-13,15,17,24H,2-6,8,10H2,1H3/t15-,17+,20+/m1/s1. The smallest absolute Gasteiger partial charge is 0.139 e. The van der Waals surface area contributed by atoms with Crippen molar-refractivity contribution in [3.05, 3.63) is 42.0 Å². The van der Waals surface area contributed by atoms with Crippen molar-refractivity contribution in [2.24, 2.45) is 5.92 Å². The van der Waals surface area contributed by atoms with Gasteiger partial charge in [-0.3, -0.25) is 0 Å². The fourth-order valence-electron chi connectivity index (χ4n) is 5.84. The summed E-state index contributed by atoms with van der Waals surface area (Å²) in [7, 11) is 2.30. The van der Waals surface area contributed by atoms with E-state index in [1.807, 2.05) is 10.8 Å². The van der Waals surface area contributed by atoms with E-state index in [2.05, 4.69) is 29.1 Å². The van der Waals surface area contributed by atoms with E-state index < -0.39 is 0 Å². The van der Waals surface area contributed by atoms with Gasteiger partial charge in [0, 0.05) is 23.9 Å². The van der Waals surface area contributed by atoms with Gasteiger partial charge in [-0.1, -0.05) is 12.8 Å². The van der Waals surface area contributed by atoms with Crippen LogP contribution in [0.1, 0.15) is 43.2 Å². The second-order valence-corrected chi connectivity index (χ2v) is 7.98. The van der Waals surface area contributed by atoms with Crippen LogP contribution in [0.5, 0.6) is 5.75 Å². The fraction of sp³-hybridized carbons (Fsp3) is 0.550. The highest BCUT2D eigenvalue weighted by Gasteiger charge is 2.53. The van der Waals surface area contributed by atoms with Gasteiger partial charge in [0.1, 0.15) is 5.75 Å². The Bertz CT molecular complexity index is 769. The summed E-state index contributed by atoms with van der Waals surface area (Å²) in [4.78, 5) is 6.71. The molecule has 1 aromatic carbocycles. The number of benzene rings is 1. The normalized spacial score (nSPS) is 32.2. The van der Waals surface area contributed by atoms with Crippen LogP contribution in [0, 0.1) is 5.92 Å². The average molecular weight is 323 g/mol. The van der Waals surface area contributed by atoms with Crippen molar-refractivity contribution in [1.29, 1.82) is 0 Å². The zero-order valence-corrected chi connectivity index (χ0v) is 14.3. The molecule has 0 radical (unpaired) electrons. The number of fused-ring (bicyclic) bond motifs is 1. The third-order valence-electron chi connectivity index (χ3n) is 6.99. The first kappa shape index (κ1) is 14.5. The van der Waals surface area contributed by atoms with E-state index in [0.717, 1.165) is 18.0 Å². The lowest BCUT2D eigenvalue weighted by molar-refractivity contribution is 0.00274. The molecule has 4 nitrogen and oxygen atoms in total. The van der Waals surface area contributed by atoms with Crippen LogP contribution in [0.15, 0.2) is 30.9 Å². The van der Waals surface area contributed by atoms with Crippen LogP contribution in [-0.2, 0) is 11.8 Å². The summed E-state index contributed by atoms with van der Waals surface area (Å²) >= 11 is 0. The minimum absolute atomic E-state index is 0.300. The van der Waals surface area contributed by atoms with Crippen LogP contribution in [0.25, 0.3) is 5.69 Å². The second-order valence-electron chi connectivity index (χ2n) is 7.98. The van der Waals surface area contributed by atoms with Gasteiger partial charge in [-0.25, -0.2) is 4.98 Å². The molecule has 2 heterocycles. The van der Waals surface area contributed by atoms with Crippen LogP contribution in [-0.4, -0.2) is 39.2 Å². The number of likely N-dealkylation sites (N-methyl/N-ethyl adjacent to an activating group) is 1. The van der Waals surface area contributed by atoms with E-state index in [1.165, 1.54) is 49.8 Å². The lowest BCUT2D eigenvalue weighted by Gasteiger charge is -2.58. The minimum atomic E-state index is 0.300. The van der Waals surface area contributed by atoms with Crippen molar-refractivity contribution >= 4 is 0 Å². The number of piperidine rings is 1. The van der Waals surface area contributed by atoms with Crippen LogP contribution in [0.3, 0.4) is 0 Å². The Morgan fingerprint density at radius 1 is 1.25 bits per heavy atom. The third-order valence-corrected chi connectivity index (χ3v) is 6.99. The molecule has 5 rings (SSSR count). The maximum atomic E-state index is 10.7. The molecule has 1 saturated heterocycles. The van der Waals surface area contributed by atoms with Gasteiger partial charge < -0.3 is 14.6 Å². The molecule has 2 fully saturated rings. The van der Waals surface area contributed by atoms with Crippen LogP contribution >= 0.6 is 0 Å². The van der Waals surface area contributed by atoms with E-state index in [4.69, 9.17) is 0 Å². The maximum absolute atomic E-state index is 10.7. The van der Waals surface area contributed by atoms with Gasteiger partial charge in [0.2, 0.25) is 0 Å². The molecule has 24 heavy (non-hydrogen) atoms. The van der Waals surface area contributed by atoms with Crippen molar-refractivity contribution < 1.29 is 5.11 Å². The van der Waals surface area contributed by atoms with E-state index in [-0.39, 0.29) is 0 Å². The molecule has 0 unspecified atom stereocenters. The van der Waals surface area contributed by atoms with Crippen molar-refractivity contribution in [3.63, 3.8) is 0 Å². The van der Waals surface area contributed by atoms with Gasteiger partial charge in [-0.05, 0) is 68.5 Å². The van der Waals surface area contributed by atoms with Crippen LogP contribution in [0.2, 0.25) is 0 Å². The first-order valence-electron chi connectivity index (χ1n) is 9.24. The fourth-order valence-corrected chi connectivity index (χ4v) is 5.84. The summed E-state index contributed by atoms with van der Waals surface area (Å²) in [6.07, 6.45) is 13.1. The summed E-state index contributed by atoms with van der Waals surface area (Å²) in [6.45, 7) is 1.19. The molecule has 126 valence electrons. The molecule has 2 aliphatic carbocycles. The molecule has 1 aromatic heterocycles. The lowest BCUT2D eigenvalue weighted by atomic mass is 9.52. The van der Waals surface area contributed by atoms with E-state index in [1.54, 1.807) is 12.5 Å². The monoisotopic (exact) mass is 323 g/mol. The van der Waals surface area contributed by atoms with Crippen LogP contribution < -0.4 is 0 Å². The number of hydrogen-bond acceptors (Lipinski definition) is 3. The Balaban J connectivity index is 1.69. The Labute approximate surface area is 143 Å². The Hall–Kier alpha value is -1.81. The first-order valence-corrected chi connectivity index (χ1v) is 9.24. The number of rotatable bonds is 1. The molecule has 0 amide bonds. The largest absolute Gasteiger partial charge is 0.506 e. The lowest BCUT2D eigenvalue weighted by Crippen LogP contribution is -2.59. The minimum Gasteiger partial charge on any atom is -0.506 e. The summed E-state index contributed by atoms with van der Waals surface area (Å²) in [6, 6.07) is 4.96. The number of imidazole rings is 1. The summed E-state index contributed by atoms with van der Waals surface area (Å²) in [5, 5.41) is 10.7. The van der Waals surface area contributed by atoms with Crippen LogP contribution in [0.4, 0.5) is 0 Å². The van der Waals surface area contributed by atoms with E-state index >= 15 is 0 Å². The van der Waals surface area contributed by atoms with Gasteiger partial charge in [-0.2, -0.15) is 0 Å². The Morgan fingerprint density at radius 2 is 2.17 bits per heavy atom. The van der Waals surface area contributed by atoms with Gasteiger partial charge in [0.25, 0.3) is 0 Å². The molecular formula is C20H25N3O. The average Bonchev–Trinajstić information content (AvgIpc) is 3.12. The molecule has 0 spiro atoms. The predicted molar refractivity (Wildman–Crippen MR) is 93.6 cm³/mol. The highest BCUT2D eigenvalue weighted by atomic mass is 16.3. The molecule has 3 atom stereocenters. The zero-order chi connectivity index (χ0) is 16.3. The number of aromatic nitrogens is 2. The Kier molecular flexibility index (Phi) is 3.08. The summed E-state index contributed by atoms with van der Waals surface area (Å²) in [5.41, 5.74) is 4.04. The van der Waals surface area contributed by atoms with Crippen molar-refractivity contribution in [2.45, 2.75) is 50.0 Å². The van der Waals surface area contributed by atoms with E-state index in [9.17, 15) is 5.11 Å². The van der Waals surface area contributed by atoms with Gasteiger partial charge in [0.05, 0.1) is 12.0 Å². The number of phenolic OH excluding ortho intramolecular Hbond substituents is 1. The van der Waals surface area contributed by atoms with Gasteiger partial charge in [0.15, 0.2) is 0 Å². The summed E-state index contributed by atoms with van der Waals surface area (Å²) in [5.74, 6) is 1.15. The molecule has 4 heteroatoms. The topological polar surface area (TPSA) is 41.3 Å². The van der Waals surface area contributed by atoms with Gasteiger partial charge in [-0.15, -0.1) is 0 Å². The van der Waals surface area contributed by atoms with Gasteiger partial charge >= 0.3 is 0 Å². The number of likely N-dealkylation sites (tertiary alicyclic amines) is 1. The highest BCUT2D eigenvalue weighted by molar-refractivity contribution is 5.55. The molecule has 1 aliphatic heterocycles. The highest BCUT2D eigenvalue weighted by Crippen LogP contribution is 2.56. The second kappa shape index (κ2) is 5.09. The molecule has 1 N–H and O–H groups in total. The first-order chi connectivity index (χ1) is 11.7. The van der Waals surface area contributed by atoms with E-state index in [0.29, 0.717) is 17.2 Å². The molecular weight excluding hydrogens is 298 g/mol. The molecule has 1 saturated carbocycles. The third kappa shape index (κ3) is 1.86. The predicted octanol–water partition coefficient (Wildman–Crippen LogP) is 3.27. The quantitative estimate of drug-likeness (QED) is 0.876. The maximum Gasteiger partial charge on any atom is 0.139 e. The zero-order valence-electron chi connectivity index (χ0n) is 14.3. The Morgan fingerprint density at radius 3 is 3.00 bits per heavy atom. The SMILES string of the molecule is CN1CC[C@@]23CCCC[C@@H]2[C@@H]1Cc1cc(-n2ccnc2)c(O)cc13. The van der Waals surface area contributed by atoms with Crippen molar-refractivity contribution in [3.8, 4) is 11.4 Å². The number of nitrogens with zero attached hydrogens (tertiary/aromatic N) is 3. The molecule has 2 bridgehead atoms. The van der Waals surface area contributed by atoms with Crippen molar-refractivity contribution in [1.82, 2.24) is 14.5 Å². The number of hydrogen-bond donors (Lipinski definition) is 1. The number of phenols is 1. The van der Waals surface area contributed by atoms with Crippen molar-refractivity contribution in [2.75, 3.05) is 13.6 Å². The number of aromatic hydroxyl groups is 1. The molecule has 2 aromatic rings. The molecule has 3 aliphatic rings.